The van der Waals surface area contributed by atoms with Crippen LogP contribution in [-0.2, 0) is 27.1 Å². The first kappa shape index (κ1) is 40.2. The fourth-order valence-electron chi connectivity index (χ4n) is 10.6. The summed E-state index contributed by atoms with van der Waals surface area (Å²) in [4.78, 5) is 2.55. The second kappa shape index (κ2) is 13.3. The highest BCUT2D eigenvalue weighted by molar-refractivity contribution is 6.12. The molecule has 312 valence electrons. The average molecular weight is 812 g/mol. The Labute approximate surface area is 369 Å². The van der Waals surface area contributed by atoms with Gasteiger partial charge in [-0.3, -0.25) is 0 Å². The maximum absolute atomic E-state index is 7.10. The fraction of sp³-hybridized carbons (Fsp3) is 0.300. The van der Waals surface area contributed by atoms with Gasteiger partial charge in [0.1, 0.15) is 11.2 Å². The summed E-state index contributed by atoms with van der Waals surface area (Å²) in [6, 6.07) is 51.0. The second-order valence-electron chi connectivity index (χ2n) is 22.3. The van der Waals surface area contributed by atoms with Gasteiger partial charge >= 0.3 is 0 Å². The predicted molar refractivity (Wildman–Crippen MR) is 265 cm³/mol. The zero-order chi connectivity index (χ0) is 43.9. The molecule has 2 heteroatoms. The highest BCUT2D eigenvalue weighted by Crippen LogP contribution is 2.55. The van der Waals surface area contributed by atoms with Gasteiger partial charge in [-0.25, -0.2) is 0 Å². The van der Waals surface area contributed by atoms with E-state index in [2.05, 4.69) is 228 Å². The van der Waals surface area contributed by atoms with Crippen LogP contribution in [0, 0.1) is 0 Å². The largest absolute Gasteiger partial charge is 0.455 e. The standard InChI is InChI=1S/C60H61NO/c1-56(2,3)36-24-28-41-43-31-27-39(35-52(43)60(12,13)50(41)32-36)61(38-26-30-42-40-18-14-15-22-48(40)59(10,11)51(42)34-38)53-33-37(57(4,5)6)25-29-44(53)45-19-16-20-46-47-21-17-23-49(58(7,8)9)55(47)62-54(45)46/h14-35H,1-13H3. The Balaban J connectivity index is 1.25. The van der Waals surface area contributed by atoms with Gasteiger partial charge in [0.25, 0.3) is 0 Å². The Morgan fingerprint density at radius 2 is 0.855 bits per heavy atom. The first-order chi connectivity index (χ1) is 29.2. The minimum absolute atomic E-state index is 0.0638. The van der Waals surface area contributed by atoms with Crippen LogP contribution in [0.3, 0.4) is 0 Å². The van der Waals surface area contributed by atoms with Gasteiger partial charge in [0.15, 0.2) is 0 Å². The molecule has 2 aliphatic carbocycles. The lowest BCUT2D eigenvalue weighted by Gasteiger charge is -2.32. The van der Waals surface area contributed by atoms with E-state index in [0.29, 0.717) is 0 Å². The molecular weight excluding hydrogens is 751 g/mol. The third-order valence-corrected chi connectivity index (χ3v) is 14.3. The van der Waals surface area contributed by atoms with Crippen molar-refractivity contribution in [3.63, 3.8) is 0 Å². The lowest BCUT2D eigenvalue weighted by molar-refractivity contribution is 0.573. The first-order valence-electron chi connectivity index (χ1n) is 22.6. The molecule has 0 atom stereocenters. The van der Waals surface area contributed by atoms with E-state index >= 15 is 0 Å². The molecule has 1 heterocycles. The van der Waals surface area contributed by atoms with Crippen LogP contribution in [0.5, 0.6) is 0 Å². The SMILES string of the molecule is CC(C)(C)c1ccc(-c2cccc3c2oc2c(C(C)(C)C)cccc23)c(N(c2ccc3c(c2)C(C)(C)c2ccccc2-3)c2ccc3c(c2)C(C)(C)c2cc(C(C)(C)C)ccc2-3)c1. The number of anilines is 3. The van der Waals surface area contributed by atoms with Crippen molar-refractivity contribution in [2.45, 2.75) is 117 Å². The van der Waals surface area contributed by atoms with E-state index in [1.807, 2.05) is 0 Å². The molecule has 2 nitrogen and oxygen atoms in total. The van der Waals surface area contributed by atoms with Crippen LogP contribution in [-0.4, -0.2) is 0 Å². The molecule has 0 radical (unpaired) electrons. The number of hydrogen-bond acceptors (Lipinski definition) is 2. The molecule has 0 amide bonds. The Bertz CT molecular complexity index is 3130. The van der Waals surface area contributed by atoms with Crippen molar-refractivity contribution >= 4 is 39.0 Å². The minimum atomic E-state index is -0.185. The van der Waals surface area contributed by atoms with Crippen molar-refractivity contribution in [2.75, 3.05) is 4.90 Å². The molecule has 0 fully saturated rings. The van der Waals surface area contributed by atoms with Crippen molar-refractivity contribution in [3.8, 4) is 33.4 Å². The molecule has 0 unspecified atom stereocenters. The predicted octanol–water partition coefficient (Wildman–Crippen LogP) is 17.2. The van der Waals surface area contributed by atoms with Gasteiger partial charge in [0.05, 0.1) is 5.69 Å². The van der Waals surface area contributed by atoms with E-state index in [4.69, 9.17) is 4.42 Å². The Morgan fingerprint density at radius 3 is 1.45 bits per heavy atom. The molecule has 1 aromatic heterocycles. The van der Waals surface area contributed by atoms with Gasteiger partial charge in [-0.15, -0.1) is 0 Å². The van der Waals surface area contributed by atoms with Crippen molar-refractivity contribution in [2.24, 2.45) is 0 Å². The van der Waals surface area contributed by atoms with E-state index in [9.17, 15) is 0 Å². The normalized spacial score (nSPS) is 15.1. The summed E-state index contributed by atoms with van der Waals surface area (Å²) >= 11 is 0. The maximum Gasteiger partial charge on any atom is 0.143 e. The van der Waals surface area contributed by atoms with E-state index in [0.717, 1.165) is 50.1 Å². The number of fused-ring (bicyclic) bond motifs is 9. The lowest BCUT2D eigenvalue weighted by atomic mass is 9.79. The summed E-state index contributed by atoms with van der Waals surface area (Å²) in [5, 5.41) is 2.30. The van der Waals surface area contributed by atoms with Gasteiger partial charge in [-0.2, -0.15) is 0 Å². The molecule has 7 aromatic carbocycles. The fourth-order valence-corrected chi connectivity index (χ4v) is 10.6. The lowest BCUT2D eigenvalue weighted by Crippen LogP contribution is -2.19. The van der Waals surface area contributed by atoms with Crippen LogP contribution in [0.4, 0.5) is 17.1 Å². The minimum Gasteiger partial charge on any atom is -0.455 e. The molecule has 0 aliphatic heterocycles. The van der Waals surface area contributed by atoms with Crippen molar-refractivity contribution in [1.82, 2.24) is 0 Å². The van der Waals surface area contributed by atoms with Gasteiger partial charge in [0, 0.05) is 49.7 Å². The van der Waals surface area contributed by atoms with Gasteiger partial charge in [-0.1, -0.05) is 193 Å². The molecule has 8 aromatic rings. The Hall–Kier alpha value is -5.86. The van der Waals surface area contributed by atoms with Crippen LogP contribution in [0.25, 0.3) is 55.3 Å². The van der Waals surface area contributed by atoms with Crippen LogP contribution in [0.15, 0.2) is 138 Å². The number of nitrogens with zero attached hydrogens (tertiary/aromatic N) is 1. The number of hydrogen-bond donors (Lipinski definition) is 0. The third-order valence-electron chi connectivity index (χ3n) is 14.3. The summed E-state index contributed by atoms with van der Waals surface area (Å²) in [7, 11) is 0. The molecule has 0 spiro atoms. The maximum atomic E-state index is 7.10. The topological polar surface area (TPSA) is 16.4 Å². The average Bonchev–Trinajstić information content (AvgIpc) is 3.79. The summed E-state index contributed by atoms with van der Waals surface area (Å²) in [6.07, 6.45) is 0. The summed E-state index contributed by atoms with van der Waals surface area (Å²) < 4.78 is 7.10. The number of para-hydroxylation sites is 2. The van der Waals surface area contributed by atoms with Gasteiger partial charge in [0.2, 0.25) is 0 Å². The van der Waals surface area contributed by atoms with E-state index < -0.39 is 0 Å². The van der Waals surface area contributed by atoms with Crippen molar-refractivity contribution in [1.29, 1.82) is 0 Å². The van der Waals surface area contributed by atoms with Gasteiger partial charge < -0.3 is 9.32 Å². The summed E-state index contributed by atoms with van der Waals surface area (Å²) in [6.45, 7) is 30.3. The monoisotopic (exact) mass is 811 g/mol. The molecule has 62 heavy (non-hydrogen) atoms. The van der Waals surface area contributed by atoms with Crippen LogP contribution < -0.4 is 4.90 Å². The van der Waals surface area contributed by atoms with Crippen molar-refractivity contribution in [3.05, 3.63) is 172 Å². The number of furan rings is 1. The number of rotatable bonds is 4. The molecular formula is C60H61NO. The number of benzene rings is 7. The quantitative estimate of drug-likeness (QED) is 0.176. The third kappa shape index (κ3) is 6.04. The van der Waals surface area contributed by atoms with Crippen LogP contribution in [0.2, 0.25) is 0 Å². The van der Waals surface area contributed by atoms with Crippen LogP contribution >= 0.6 is 0 Å². The summed E-state index contributed by atoms with van der Waals surface area (Å²) in [5.74, 6) is 0. The van der Waals surface area contributed by atoms with Gasteiger partial charge in [-0.05, 0) is 102 Å². The molecule has 0 saturated carbocycles. The second-order valence-corrected chi connectivity index (χ2v) is 22.3. The zero-order valence-electron chi connectivity index (χ0n) is 39.1. The zero-order valence-corrected chi connectivity index (χ0v) is 39.1. The highest BCUT2D eigenvalue weighted by atomic mass is 16.3. The smallest absolute Gasteiger partial charge is 0.143 e. The van der Waals surface area contributed by atoms with E-state index in [-0.39, 0.29) is 27.1 Å². The Kier molecular flexibility index (Phi) is 8.64. The van der Waals surface area contributed by atoms with Crippen LogP contribution in [0.1, 0.15) is 129 Å². The molecule has 10 rings (SSSR count). The van der Waals surface area contributed by atoms with E-state index in [1.165, 1.54) is 61.2 Å². The molecule has 0 N–H and O–H groups in total. The molecule has 0 saturated heterocycles. The summed E-state index contributed by atoms with van der Waals surface area (Å²) in [5.41, 5.74) is 21.8. The Morgan fingerprint density at radius 1 is 0.387 bits per heavy atom. The van der Waals surface area contributed by atoms with E-state index in [1.54, 1.807) is 0 Å². The first-order valence-corrected chi connectivity index (χ1v) is 22.6. The van der Waals surface area contributed by atoms with Crippen molar-refractivity contribution < 1.29 is 4.42 Å². The molecule has 2 aliphatic rings. The highest BCUT2D eigenvalue weighted by Gasteiger charge is 2.39. The molecule has 0 bridgehead atoms.